The summed E-state index contributed by atoms with van der Waals surface area (Å²) in [4.78, 5) is 11.5. The maximum atomic E-state index is 11.5. The largest absolute Gasteiger partial charge is 0.496 e. The minimum absolute atomic E-state index is 0.0239. The fraction of sp³-hybridized carbons (Fsp3) is 0.562. The van der Waals surface area contributed by atoms with Gasteiger partial charge in [-0.15, -0.1) is 0 Å². The summed E-state index contributed by atoms with van der Waals surface area (Å²) < 4.78 is 5.44. The van der Waals surface area contributed by atoms with Gasteiger partial charge in [-0.3, -0.25) is 4.79 Å². The zero-order chi connectivity index (χ0) is 14.6. The van der Waals surface area contributed by atoms with Crippen molar-refractivity contribution in [1.82, 2.24) is 5.32 Å². The van der Waals surface area contributed by atoms with Crippen LogP contribution in [-0.4, -0.2) is 13.0 Å². The van der Waals surface area contributed by atoms with Gasteiger partial charge in [0.1, 0.15) is 5.75 Å². The molecule has 1 N–H and O–H groups in total. The third-order valence-electron chi connectivity index (χ3n) is 3.41. The Balaban J connectivity index is 3.13. The van der Waals surface area contributed by atoms with Gasteiger partial charge in [-0.1, -0.05) is 20.8 Å². The zero-order valence-electron chi connectivity index (χ0n) is 12.8. The Bertz CT molecular complexity index is 452. The highest BCUT2D eigenvalue weighted by Gasteiger charge is 2.16. The fourth-order valence-electron chi connectivity index (χ4n) is 2.23. The van der Waals surface area contributed by atoms with Gasteiger partial charge in [-0.2, -0.15) is 0 Å². The molecular weight excluding hydrogens is 238 g/mol. The van der Waals surface area contributed by atoms with E-state index in [1.54, 1.807) is 7.11 Å². The number of methoxy groups -OCH3 is 1. The van der Waals surface area contributed by atoms with Crippen LogP contribution >= 0.6 is 0 Å². The van der Waals surface area contributed by atoms with E-state index in [1.807, 2.05) is 13.8 Å². The predicted octanol–water partition coefficient (Wildman–Crippen LogP) is 3.71. The minimum atomic E-state index is 0.0239. The number of ether oxygens (including phenoxy) is 1. The average molecular weight is 263 g/mol. The maximum absolute atomic E-state index is 11.5. The number of nitrogens with one attached hydrogen (secondary N) is 1. The van der Waals surface area contributed by atoms with E-state index in [2.05, 4.69) is 38.2 Å². The third kappa shape index (κ3) is 3.72. The van der Waals surface area contributed by atoms with Crippen LogP contribution in [-0.2, 0) is 4.79 Å². The van der Waals surface area contributed by atoms with E-state index in [-0.39, 0.29) is 11.9 Å². The molecule has 0 fully saturated rings. The molecule has 0 unspecified atom stereocenters. The van der Waals surface area contributed by atoms with Crippen molar-refractivity contribution in [2.24, 2.45) is 0 Å². The first kappa shape index (κ1) is 15.5. The number of aryl methyl sites for hydroxylation is 1. The summed E-state index contributed by atoms with van der Waals surface area (Å²) in [5, 5.41) is 3.01. The minimum Gasteiger partial charge on any atom is -0.496 e. The monoisotopic (exact) mass is 263 g/mol. The molecule has 0 aliphatic rings. The Hall–Kier alpha value is -1.51. The van der Waals surface area contributed by atoms with Gasteiger partial charge in [-0.25, -0.2) is 0 Å². The number of benzene rings is 1. The molecule has 19 heavy (non-hydrogen) atoms. The molecule has 0 spiro atoms. The summed E-state index contributed by atoms with van der Waals surface area (Å²) in [5.74, 6) is 1.39. The van der Waals surface area contributed by atoms with Gasteiger partial charge in [-0.05, 0) is 48.6 Å². The van der Waals surface area contributed by atoms with Crippen LogP contribution in [0.4, 0.5) is 0 Å². The number of rotatable bonds is 5. The van der Waals surface area contributed by atoms with E-state index in [0.29, 0.717) is 12.3 Å². The molecule has 1 aromatic rings. The normalized spacial score (nSPS) is 12.4. The Morgan fingerprint density at radius 1 is 1.26 bits per heavy atom. The van der Waals surface area contributed by atoms with Gasteiger partial charge >= 0.3 is 0 Å². The molecule has 0 aromatic heterocycles. The average Bonchev–Trinajstić information content (AvgIpc) is 2.37. The summed E-state index contributed by atoms with van der Waals surface area (Å²) in [6.45, 7) is 10.2. The van der Waals surface area contributed by atoms with Crippen LogP contribution in [0.2, 0.25) is 0 Å². The van der Waals surface area contributed by atoms with Crippen molar-refractivity contribution >= 4 is 5.91 Å². The predicted molar refractivity (Wildman–Crippen MR) is 78.7 cm³/mol. The van der Waals surface area contributed by atoms with Crippen LogP contribution in [0, 0.1) is 6.92 Å². The Morgan fingerprint density at radius 3 is 2.37 bits per heavy atom. The molecule has 0 bridgehead atoms. The molecule has 1 aromatic carbocycles. The molecule has 0 saturated heterocycles. The lowest BCUT2D eigenvalue weighted by molar-refractivity contribution is -0.121. The number of amides is 1. The first-order valence-electron chi connectivity index (χ1n) is 6.88. The quantitative estimate of drug-likeness (QED) is 0.879. The molecule has 0 radical (unpaired) electrons. The highest BCUT2D eigenvalue weighted by molar-refractivity contribution is 5.76. The van der Waals surface area contributed by atoms with E-state index in [9.17, 15) is 4.79 Å². The molecule has 0 saturated carbocycles. The lowest BCUT2D eigenvalue weighted by Crippen LogP contribution is -2.26. The lowest BCUT2D eigenvalue weighted by Gasteiger charge is -2.20. The summed E-state index contributed by atoms with van der Waals surface area (Å²) in [5.41, 5.74) is 3.48. The second kappa shape index (κ2) is 6.60. The summed E-state index contributed by atoms with van der Waals surface area (Å²) in [7, 11) is 1.70. The molecule has 1 rings (SSSR count). The molecule has 0 aliphatic heterocycles. The number of carbonyl (C=O) groups is 1. The van der Waals surface area contributed by atoms with E-state index in [4.69, 9.17) is 4.74 Å². The molecular formula is C16H25NO2. The van der Waals surface area contributed by atoms with E-state index < -0.39 is 0 Å². The van der Waals surface area contributed by atoms with Gasteiger partial charge < -0.3 is 10.1 Å². The van der Waals surface area contributed by atoms with Crippen LogP contribution in [0.25, 0.3) is 0 Å². The van der Waals surface area contributed by atoms with E-state index in [1.165, 1.54) is 5.56 Å². The molecule has 0 aliphatic carbocycles. The van der Waals surface area contributed by atoms with Crippen molar-refractivity contribution in [3.05, 3.63) is 28.8 Å². The molecule has 1 amide bonds. The molecule has 0 heterocycles. The second-order valence-corrected chi connectivity index (χ2v) is 5.25. The van der Waals surface area contributed by atoms with Crippen molar-refractivity contribution in [1.29, 1.82) is 0 Å². The summed E-state index contributed by atoms with van der Waals surface area (Å²) in [6.07, 6.45) is 0.510. The molecule has 106 valence electrons. The van der Waals surface area contributed by atoms with Crippen molar-refractivity contribution in [3.8, 4) is 5.75 Å². The van der Waals surface area contributed by atoms with Gasteiger partial charge in [0.15, 0.2) is 0 Å². The van der Waals surface area contributed by atoms with Gasteiger partial charge in [0.25, 0.3) is 0 Å². The number of hydrogen-bond acceptors (Lipinski definition) is 2. The van der Waals surface area contributed by atoms with Crippen LogP contribution in [0.5, 0.6) is 5.75 Å². The lowest BCUT2D eigenvalue weighted by atomic mass is 9.93. The second-order valence-electron chi connectivity index (χ2n) is 5.25. The van der Waals surface area contributed by atoms with Crippen LogP contribution in [0.1, 0.15) is 62.8 Å². The first-order valence-corrected chi connectivity index (χ1v) is 6.88. The highest BCUT2D eigenvalue weighted by Crippen LogP contribution is 2.31. The molecule has 3 nitrogen and oxygen atoms in total. The number of carbonyl (C=O) groups excluding carboxylic acids is 1. The Labute approximate surface area is 116 Å². The Kier molecular flexibility index (Phi) is 5.40. The van der Waals surface area contributed by atoms with Crippen LogP contribution in [0.15, 0.2) is 12.1 Å². The Morgan fingerprint density at radius 2 is 1.89 bits per heavy atom. The van der Waals surface area contributed by atoms with Crippen molar-refractivity contribution in [2.45, 2.75) is 53.0 Å². The topological polar surface area (TPSA) is 38.3 Å². The highest BCUT2D eigenvalue weighted by atomic mass is 16.5. The standard InChI is InChI=1S/C16H25NO2/c1-7-16(18)17-12(5)14-9-13(10(2)3)15(19-6)8-11(14)4/h8-10,12H,7H2,1-6H3,(H,17,18)/t12-/m1/s1. The fourth-order valence-corrected chi connectivity index (χ4v) is 2.23. The van der Waals surface area contributed by atoms with Gasteiger partial charge in [0.2, 0.25) is 5.91 Å². The van der Waals surface area contributed by atoms with Crippen molar-refractivity contribution in [3.63, 3.8) is 0 Å². The molecule has 3 heteroatoms. The van der Waals surface area contributed by atoms with Crippen molar-refractivity contribution in [2.75, 3.05) is 7.11 Å². The molecule has 1 atom stereocenters. The van der Waals surface area contributed by atoms with E-state index in [0.717, 1.165) is 16.9 Å². The first-order chi connectivity index (χ1) is 8.90. The van der Waals surface area contributed by atoms with Gasteiger partial charge in [0.05, 0.1) is 13.2 Å². The SMILES string of the molecule is CCC(=O)N[C@H](C)c1cc(C(C)C)c(OC)cc1C. The number of hydrogen-bond donors (Lipinski definition) is 1. The van der Waals surface area contributed by atoms with Gasteiger partial charge in [0, 0.05) is 6.42 Å². The summed E-state index contributed by atoms with van der Waals surface area (Å²) in [6, 6.07) is 4.23. The van der Waals surface area contributed by atoms with Crippen molar-refractivity contribution < 1.29 is 9.53 Å². The third-order valence-corrected chi connectivity index (χ3v) is 3.41. The van der Waals surface area contributed by atoms with Crippen LogP contribution in [0.3, 0.4) is 0 Å². The summed E-state index contributed by atoms with van der Waals surface area (Å²) >= 11 is 0. The zero-order valence-corrected chi connectivity index (χ0v) is 12.8. The maximum Gasteiger partial charge on any atom is 0.220 e. The van der Waals surface area contributed by atoms with Crippen LogP contribution < -0.4 is 10.1 Å². The van der Waals surface area contributed by atoms with E-state index >= 15 is 0 Å². The smallest absolute Gasteiger partial charge is 0.220 e.